The second-order valence-electron chi connectivity index (χ2n) is 3.21. The first kappa shape index (κ1) is 11.4. The Morgan fingerprint density at radius 3 is 2.94 bits per heavy atom. The Labute approximate surface area is 110 Å². The lowest BCUT2D eigenvalue weighted by Gasteiger charge is -1.97. The van der Waals surface area contributed by atoms with Crippen LogP contribution in [0.5, 0.6) is 0 Å². The van der Waals surface area contributed by atoms with Crippen LogP contribution in [0.3, 0.4) is 0 Å². The van der Waals surface area contributed by atoms with Gasteiger partial charge in [-0.05, 0) is 34.7 Å². The Balaban J connectivity index is 2.73. The summed E-state index contributed by atoms with van der Waals surface area (Å²) in [5.74, 6) is -0.155. The Bertz CT molecular complexity index is 612. The summed E-state index contributed by atoms with van der Waals surface area (Å²) < 4.78 is 2.05. The maximum Gasteiger partial charge on any atom is 0.221 e. The van der Waals surface area contributed by atoms with Gasteiger partial charge in [0.15, 0.2) is 0 Å². The Hall–Kier alpha value is -1.13. The zero-order valence-corrected chi connectivity index (χ0v) is 11.3. The number of benzene rings is 1. The number of carbonyl (C=O) groups is 1. The average molecular weight is 342 g/mol. The molecule has 1 heterocycles. The second kappa shape index (κ2) is 4.39. The molecule has 0 spiro atoms. The van der Waals surface area contributed by atoms with Crippen molar-refractivity contribution < 1.29 is 4.79 Å². The lowest BCUT2D eigenvalue weighted by Crippen LogP contribution is -2.05. The number of nitriles is 1. The first-order chi connectivity index (χ1) is 7.63. The van der Waals surface area contributed by atoms with Crippen LogP contribution in [0.15, 0.2) is 18.2 Å². The highest BCUT2D eigenvalue weighted by atomic mass is 127. The van der Waals surface area contributed by atoms with Crippen molar-refractivity contribution >= 4 is 54.9 Å². The fraction of sp³-hybridized carbons (Fsp3) is 0.0909. The molecule has 16 heavy (non-hydrogen) atoms. The van der Waals surface area contributed by atoms with E-state index in [4.69, 9.17) is 5.26 Å². The van der Waals surface area contributed by atoms with E-state index in [0.29, 0.717) is 10.6 Å². The number of thiophene rings is 1. The van der Waals surface area contributed by atoms with Gasteiger partial charge in [0, 0.05) is 20.6 Å². The molecule has 1 amide bonds. The molecule has 3 nitrogen and oxygen atoms in total. The topological polar surface area (TPSA) is 52.9 Å². The van der Waals surface area contributed by atoms with Gasteiger partial charge in [0.25, 0.3) is 0 Å². The summed E-state index contributed by atoms with van der Waals surface area (Å²) in [6.07, 6.45) is 0. The van der Waals surface area contributed by atoms with Crippen LogP contribution in [-0.4, -0.2) is 5.91 Å². The van der Waals surface area contributed by atoms with Gasteiger partial charge in [-0.15, -0.1) is 11.3 Å². The van der Waals surface area contributed by atoms with Crippen LogP contribution in [0.4, 0.5) is 5.00 Å². The molecule has 0 radical (unpaired) electrons. The minimum atomic E-state index is -0.155. The molecule has 0 unspecified atom stereocenters. The van der Waals surface area contributed by atoms with Crippen LogP contribution >= 0.6 is 33.9 Å². The molecule has 0 aliphatic rings. The summed E-state index contributed by atoms with van der Waals surface area (Å²) in [6, 6.07) is 8.00. The van der Waals surface area contributed by atoms with Crippen LogP contribution in [0.1, 0.15) is 12.5 Å². The van der Waals surface area contributed by atoms with Gasteiger partial charge < -0.3 is 5.32 Å². The number of amides is 1. The number of hydrogen-bond donors (Lipinski definition) is 1. The predicted octanol–water partition coefficient (Wildman–Crippen LogP) is 3.34. The molecule has 1 aromatic heterocycles. The van der Waals surface area contributed by atoms with Crippen molar-refractivity contribution in [1.82, 2.24) is 0 Å². The molecule has 5 heteroatoms. The molecule has 0 aliphatic carbocycles. The highest BCUT2D eigenvalue weighted by molar-refractivity contribution is 14.1. The largest absolute Gasteiger partial charge is 0.317 e. The van der Waals surface area contributed by atoms with E-state index < -0.39 is 0 Å². The molecule has 1 aromatic carbocycles. The molecule has 0 saturated heterocycles. The summed E-state index contributed by atoms with van der Waals surface area (Å²) >= 11 is 3.63. The molecule has 0 saturated carbocycles. The zero-order valence-electron chi connectivity index (χ0n) is 8.37. The second-order valence-corrected chi connectivity index (χ2v) is 5.43. The number of hydrogen-bond acceptors (Lipinski definition) is 3. The van der Waals surface area contributed by atoms with E-state index >= 15 is 0 Å². The van der Waals surface area contributed by atoms with Crippen LogP contribution in [-0.2, 0) is 4.79 Å². The highest BCUT2D eigenvalue weighted by Crippen LogP contribution is 2.37. The summed E-state index contributed by atoms with van der Waals surface area (Å²) in [5, 5.41) is 13.4. The third-order valence-corrected chi connectivity index (χ3v) is 4.04. The zero-order chi connectivity index (χ0) is 11.7. The SMILES string of the molecule is CC(=O)Nc1sc2cccc(I)c2c1C#N. The van der Waals surface area contributed by atoms with Gasteiger partial charge in [-0.25, -0.2) is 0 Å². The first-order valence-corrected chi connectivity index (χ1v) is 6.41. The van der Waals surface area contributed by atoms with E-state index in [9.17, 15) is 4.79 Å². The van der Waals surface area contributed by atoms with E-state index in [1.807, 2.05) is 18.2 Å². The van der Waals surface area contributed by atoms with Gasteiger partial charge in [-0.2, -0.15) is 5.26 Å². The van der Waals surface area contributed by atoms with Gasteiger partial charge in [0.05, 0.1) is 5.56 Å². The van der Waals surface area contributed by atoms with E-state index in [-0.39, 0.29) is 5.91 Å². The number of halogens is 1. The van der Waals surface area contributed by atoms with E-state index in [0.717, 1.165) is 13.7 Å². The number of anilines is 1. The molecule has 0 aliphatic heterocycles. The Kier molecular flexibility index (Phi) is 3.12. The van der Waals surface area contributed by atoms with Gasteiger partial charge in [-0.1, -0.05) is 6.07 Å². The van der Waals surface area contributed by atoms with Crippen molar-refractivity contribution in [1.29, 1.82) is 5.26 Å². The molecule has 0 fully saturated rings. The average Bonchev–Trinajstić information content (AvgIpc) is 2.55. The van der Waals surface area contributed by atoms with E-state index in [1.165, 1.54) is 18.3 Å². The van der Waals surface area contributed by atoms with Crippen molar-refractivity contribution in [2.24, 2.45) is 0 Å². The summed E-state index contributed by atoms with van der Waals surface area (Å²) in [7, 11) is 0. The third kappa shape index (κ3) is 1.90. The molecule has 0 atom stereocenters. The maximum absolute atomic E-state index is 11.0. The van der Waals surface area contributed by atoms with Crippen molar-refractivity contribution in [2.75, 3.05) is 5.32 Å². The molecule has 2 aromatic rings. The summed E-state index contributed by atoms with van der Waals surface area (Å²) in [5.41, 5.74) is 0.556. The van der Waals surface area contributed by atoms with Crippen LogP contribution in [0.2, 0.25) is 0 Å². The minimum Gasteiger partial charge on any atom is -0.317 e. The normalized spacial score (nSPS) is 10.1. The van der Waals surface area contributed by atoms with E-state index in [1.54, 1.807) is 0 Å². The Morgan fingerprint density at radius 1 is 1.56 bits per heavy atom. The quantitative estimate of drug-likeness (QED) is 0.809. The smallest absolute Gasteiger partial charge is 0.221 e. The van der Waals surface area contributed by atoms with Crippen LogP contribution in [0, 0.1) is 14.9 Å². The maximum atomic E-state index is 11.0. The molecular weight excluding hydrogens is 335 g/mol. The van der Waals surface area contributed by atoms with Gasteiger partial charge in [-0.3, -0.25) is 4.79 Å². The van der Waals surface area contributed by atoms with Crippen molar-refractivity contribution in [3.05, 3.63) is 27.3 Å². The predicted molar refractivity (Wildman–Crippen MR) is 73.6 cm³/mol. The molecular formula is C11H7IN2OS. The number of nitrogens with zero attached hydrogens (tertiary/aromatic N) is 1. The standard InChI is InChI=1S/C11H7IN2OS/c1-6(15)14-11-7(5-13)10-8(12)3-2-4-9(10)16-11/h2-4H,1H3,(H,14,15). The molecule has 1 N–H and O–H groups in total. The van der Waals surface area contributed by atoms with Crippen molar-refractivity contribution in [2.45, 2.75) is 6.92 Å². The number of carbonyl (C=O) groups excluding carboxylic acids is 1. The fourth-order valence-electron chi connectivity index (χ4n) is 1.46. The van der Waals surface area contributed by atoms with Gasteiger partial charge >= 0.3 is 0 Å². The van der Waals surface area contributed by atoms with Crippen LogP contribution in [0.25, 0.3) is 10.1 Å². The van der Waals surface area contributed by atoms with Crippen LogP contribution < -0.4 is 5.32 Å². The first-order valence-electron chi connectivity index (χ1n) is 4.52. The van der Waals surface area contributed by atoms with Gasteiger partial charge in [0.1, 0.15) is 11.1 Å². The lowest BCUT2D eigenvalue weighted by molar-refractivity contribution is -0.114. The van der Waals surface area contributed by atoms with E-state index in [2.05, 4.69) is 34.0 Å². The summed E-state index contributed by atoms with van der Waals surface area (Å²) in [4.78, 5) is 11.0. The van der Waals surface area contributed by atoms with Crippen molar-refractivity contribution in [3.63, 3.8) is 0 Å². The van der Waals surface area contributed by atoms with Gasteiger partial charge in [0.2, 0.25) is 5.91 Å². The Morgan fingerprint density at radius 2 is 2.31 bits per heavy atom. The monoisotopic (exact) mass is 342 g/mol. The molecule has 80 valence electrons. The minimum absolute atomic E-state index is 0.155. The number of rotatable bonds is 1. The molecule has 0 bridgehead atoms. The number of nitrogens with one attached hydrogen (secondary N) is 1. The van der Waals surface area contributed by atoms with Crippen molar-refractivity contribution in [3.8, 4) is 6.07 Å². The number of fused-ring (bicyclic) bond motifs is 1. The third-order valence-electron chi connectivity index (χ3n) is 2.07. The fourth-order valence-corrected chi connectivity index (χ4v) is 3.54. The molecule has 2 rings (SSSR count). The lowest BCUT2D eigenvalue weighted by atomic mass is 10.2. The summed E-state index contributed by atoms with van der Waals surface area (Å²) in [6.45, 7) is 1.44. The highest BCUT2D eigenvalue weighted by Gasteiger charge is 2.14.